The largest absolute Gasteiger partial charge is 0.356 e. The van der Waals surface area contributed by atoms with Crippen LogP contribution in [0.2, 0.25) is 0 Å². The number of nitrogens with one attached hydrogen (secondary N) is 2. The summed E-state index contributed by atoms with van der Waals surface area (Å²) >= 11 is 3.50. The average Bonchev–Trinajstić information content (AvgIpc) is 3.48. The fourth-order valence-corrected chi connectivity index (χ4v) is 4.03. The first-order valence-electron chi connectivity index (χ1n) is 9.64. The van der Waals surface area contributed by atoms with Crippen LogP contribution in [0.4, 0.5) is 5.82 Å². The van der Waals surface area contributed by atoms with Crippen LogP contribution in [-0.4, -0.2) is 43.2 Å². The van der Waals surface area contributed by atoms with E-state index in [9.17, 15) is 0 Å². The number of benzene rings is 1. The molecule has 142 valence electrons. The quantitative estimate of drug-likeness (QED) is 0.578. The molecular formula is C21H26BrN5. The summed E-state index contributed by atoms with van der Waals surface area (Å²) < 4.78 is 1.13. The van der Waals surface area contributed by atoms with Crippen LogP contribution >= 0.6 is 15.9 Å². The molecule has 0 radical (unpaired) electrons. The number of hydrogen-bond donors (Lipinski definition) is 2. The summed E-state index contributed by atoms with van der Waals surface area (Å²) in [6, 6.07) is 15.7. The maximum atomic E-state index is 4.46. The van der Waals surface area contributed by atoms with Gasteiger partial charge in [-0.1, -0.05) is 34.1 Å². The van der Waals surface area contributed by atoms with Crippen LogP contribution in [-0.2, 0) is 0 Å². The van der Waals surface area contributed by atoms with Crippen molar-refractivity contribution in [3.05, 3.63) is 58.7 Å². The molecule has 2 unspecified atom stereocenters. The van der Waals surface area contributed by atoms with Gasteiger partial charge in [-0.15, -0.1) is 0 Å². The van der Waals surface area contributed by atoms with E-state index in [0.717, 1.165) is 42.2 Å². The molecule has 5 nitrogen and oxygen atoms in total. The molecule has 2 aromatic rings. The van der Waals surface area contributed by atoms with Crippen LogP contribution in [0.3, 0.4) is 0 Å². The van der Waals surface area contributed by atoms with Crippen LogP contribution in [0.15, 0.2) is 58.1 Å². The van der Waals surface area contributed by atoms with Gasteiger partial charge in [0.1, 0.15) is 5.82 Å². The van der Waals surface area contributed by atoms with Crippen molar-refractivity contribution in [1.29, 1.82) is 0 Å². The molecule has 1 aromatic heterocycles. The van der Waals surface area contributed by atoms with E-state index in [4.69, 9.17) is 0 Å². The van der Waals surface area contributed by atoms with E-state index in [1.54, 1.807) is 0 Å². The number of nitrogens with zero attached hydrogens (tertiary/aromatic N) is 3. The van der Waals surface area contributed by atoms with E-state index in [2.05, 4.69) is 77.8 Å². The minimum Gasteiger partial charge on any atom is -0.356 e. The van der Waals surface area contributed by atoms with Gasteiger partial charge in [0.2, 0.25) is 0 Å². The van der Waals surface area contributed by atoms with Gasteiger partial charge in [0.15, 0.2) is 5.96 Å². The predicted octanol–water partition coefficient (Wildman–Crippen LogP) is 3.53. The molecule has 0 spiro atoms. The Bertz CT molecular complexity index is 769. The maximum absolute atomic E-state index is 4.46. The molecular weight excluding hydrogens is 402 g/mol. The van der Waals surface area contributed by atoms with Crippen molar-refractivity contribution in [2.45, 2.75) is 37.3 Å². The fourth-order valence-electron chi connectivity index (χ4n) is 3.77. The molecule has 1 aliphatic carbocycles. The third-order valence-corrected chi connectivity index (χ3v) is 5.97. The summed E-state index contributed by atoms with van der Waals surface area (Å²) in [6.07, 6.45) is 5.22. The van der Waals surface area contributed by atoms with E-state index in [1.807, 2.05) is 19.3 Å². The van der Waals surface area contributed by atoms with Gasteiger partial charge < -0.3 is 15.5 Å². The highest BCUT2D eigenvalue weighted by Gasteiger charge is 2.39. The van der Waals surface area contributed by atoms with Gasteiger partial charge in [-0.3, -0.25) is 4.99 Å². The van der Waals surface area contributed by atoms with Crippen LogP contribution in [0.5, 0.6) is 0 Å². The second kappa shape index (κ2) is 8.30. The third-order valence-electron chi connectivity index (χ3n) is 5.44. The maximum Gasteiger partial charge on any atom is 0.191 e. The molecule has 2 atom stereocenters. The van der Waals surface area contributed by atoms with E-state index < -0.39 is 0 Å². The molecule has 2 heterocycles. The topological polar surface area (TPSA) is 52.6 Å². The van der Waals surface area contributed by atoms with Crippen molar-refractivity contribution in [2.24, 2.45) is 4.99 Å². The Kier molecular flexibility index (Phi) is 5.62. The second-order valence-corrected chi connectivity index (χ2v) is 8.23. The molecule has 27 heavy (non-hydrogen) atoms. The number of rotatable bonds is 4. The van der Waals surface area contributed by atoms with Crippen LogP contribution < -0.4 is 15.5 Å². The zero-order valence-electron chi connectivity index (χ0n) is 15.6. The standard InChI is InChI=1S/C21H26BrN5/c1-23-21(26-19-14-18(19)15-5-7-16(22)8-6-15)25-17-9-12-27(13-10-17)20-4-2-3-11-24-20/h2-8,11,17-19H,9-10,12-14H2,1H3,(H2,23,25,26). The summed E-state index contributed by atoms with van der Waals surface area (Å²) in [6.45, 7) is 2.05. The Morgan fingerprint density at radius 1 is 1.11 bits per heavy atom. The lowest BCUT2D eigenvalue weighted by Crippen LogP contribution is -2.49. The molecule has 4 rings (SSSR count). The minimum atomic E-state index is 0.459. The number of piperidine rings is 1. The molecule has 2 N–H and O–H groups in total. The summed E-state index contributed by atoms with van der Waals surface area (Å²) in [5.41, 5.74) is 1.40. The lowest BCUT2D eigenvalue weighted by atomic mass is 10.1. The van der Waals surface area contributed by atoms with Crippen molar-refractivity contribution in [3.63, 3.8) is 0 Å². The van der Waals surface area contributed by atoms with Gasteiger partial charge in [0.05, 0.1) is 0 Å². The van der Waals surface area contributed by atoms with Crippen molar-refractivity contribution < 1.29 is 0 Å². The summed E-state index contributed by atoms with van der Waals surface area (Å²) in [7, 11) is 1.86. The smallest absolute Gasteiger partial charge is 0.191 e. The predicted molar refractivity (Wildman–Crippen MR) is 114 cm³/mol. The second-order valence-electron chi connectivity index (χ2n) is 7.31. The Morgan fingerprint density at radius 3 is 2.56 bits per heavy atom. The molecule has 0 amide bonds. The Morgan fingerprint density at radius 2 is 1.89 bits per heavy atom. The first kappa shape index (κ1) is 18.3. The van der Waals surface area contributed by atoms with Crippen LogP contribution in [0.25, 0.3) is 0 Å². The lowest BCUT2D eigenvalue weighted by molar-refractivity contribution is 0.459. The minimum absolute atomic E-state index is 0.459. The lowest BCUT2D eigenvalue weighted by Gasteiger charge is -2.33. The van der Waals surface area contributed by atoms with E-state index in [0.29, 0.717) is 18.0 Å². The van der Waals surface area contributed by atoms with E-state index in [1.165, 1.54) is 12.0 Å². The number of pyridine rings is 1. The highest BCUT2D eigenvalue weighted by Crippen LogP contribution is 2.41. The number of aromatic nitrogens is 1. The first-order chi connectivity index (χ1) is 13.2. The fraction of sp³-hybridized carbons (Fsp3) is 0.429. The molecule has 1 saturated carbocycles. The Balaban J connectivity index is 1.25. The summed E-state index contributed by atoms with van der Waals surface area (Å²) in [5.74, 6) is 2.59. The summed E-state index contributed by atoms with van der Waals surface area (Å²) in [5, 5.41) is 7.21. The number of anilines is 1. The number of guanidine groups is 1. The molecule has 6 heteroatoms. The van der Waals surface area contributed by atoms with Crippen molar-refractivity contribution in [1.82, 2.24) is 15.6 Å². The van der Waals surface area contributed by atoms with Gasteiger partial charge in [-0.05, 0) is 49.1 Å². The normalized spacial score (nSPS) is 23.2. The van der Waals surface area contributed by atoms with Gasteiger partial charge in [-0.2, -0.15) is 0 Å². The van der Waals surface area contributed by atoms with Crippen molar-refractivity contribution in [3.8, 4) is 0 Å². The summed E-state index contributed by atoms with van der Waals surface area (Å²) in [4.78, 5) is 11.3. The third kappa shape index (κ3) is 4.61. The van der Waals surface area contributed by atoms with Gasteiger partial charge >= 0.3 is 0 Å². The highest BCUT2D eigenvalue weighted by atomic mass is 79.9. The molecule has 1 aromatic carbocycles. The van der Waals surface area contributed by atoms with E-state index in [-0.39, 0.29) is 0 Å². The molecule has 1 saturated heterocycles. The van der Waals surface area contributed by atoms with Gasteiger partial charge in [0.25, 0.3) is 0 Å². The number of halogens is 1. The van der Waals surface area contributed by atoms with Gasteiger partial charge in [-0.25, -0.2) is 4.98 Å². The SMILES string of the molecule is CN=C(NC1CCN(c2ccccn2)CC1)NC1CC1c1ccc(Br)cc1. The Labute approximate surface area is 169 Å². The van der Waals surface area contributed by atoms with Crippen LogP contribution in [0, 0.1) is 0 Å². The molecule has 2 fully saturated rings. The zero-order valence-corrected chi connectivity index (χ0v) is 17.2. The van der Waals surface area contributed by atoms with Crippen molar-refractivity contribution >= 4 is 27.7 Å². The molecule has 1 aliphatic heterocycles. The monoisotopic (exact) mass is 427 g/mol. The van der Waals surface area contributed by atoms with Gasteiger partial charge in [0, 0.05) is 48.8 Å². The first-order valence-corrected chi connectivity index (χ1v) is 10.4. The number of aliphatic imine (C=N–C) groups is 1. The average molecular weight is 428 g/mol. The van der Waals surface area contributed by atoms with Crippen molar-refractivity contribution in [2.75, 3.05) is 25.0 Å². The zero-order chi connectivity index (χ0) is 18.6. The number of hydrogen-bond acceptors (Lipinski definition) is 3. The molecule has 0 bridgehead atoms. The highest BCUT2D eigenvalue weighted by molar-refractivity contribution is 9.10. The van der Waals surface area contributed by atoms with Crippen LogP contribution in [0.1, 0.15) is 30.7 Å². The molecule has 2 aliphatic rings. The van der Waals surface area contributed by atoms with E-state index >= 15 is 0 Å². The Hall–Kier alpha value is -2.08.